The zero-order chi connectivity index (χ0) is 29.6. The van der Waals surface area contributed by atoms with Crippen LogP contribution in [0.5, 0.6) is 0 Å². The van der Waals surface area contributed by atoms with Crippen molar-refractivity contribution in [3.05, 3.63) is 107 Å². The Labute approximate surface area is 234 Å². The van der Waals surface area contributed by atoms with Crippen molar-refractivity contribution in [3.63, 3.8) is 0 Å². The first-order valence-electron chi connectivity index (χ1n) is 12.7. The van der Waals surface area contributed by atoms with Crippen molar-refractivity contribution in [2.75, 3.05) is 0 Å². The summed E-state index contributed by atoms with van der Waals surface area (Å²) in [5.41, 5.74) is 6.05. The number of amides is 3. The summed E-state index contributed by atoms with van der Waals surface area (Å²) < 4.78 is 43.7. The van der Waals surface area contributed by atoms with E-state index in [0.717, 1.165) is 34.2 Å². The van der Waals surface area contributed by atoms with Gasteiger partial charge in [0.25, 0.3) is 0 Å². The molecule has 3 aromatic carbocycles. The lowest BCUT2D eigenvalue weighted by molar-refractivity contribution is -0.137. The Morgan fingerprint density at radius 1 is 0.927 bits per heavy atom. The number of carbonyl (C=O) groups is 3. The Morgan fingerprint density at radius 3 is 2.24 bits per heavy atom. The lowest BCUT2D eigenvalue weighted by atomic mass is 9.91. The number of para-hydroxylation sites is 1. The van der Waals surface area contributed by atoms with E-state index in [1.54, 1.807) is 30.5 Å². The molecule has 214 valence electrons. The van der Waals surface area contributed by atoms with Crippen molar-refractivity contribution in [3.8, 4) is 0 Å². The van der Waals surface area contributed by atoms with Crippen molar-refractivity contribution < 1.29 is 32.3 Å². The fraction of sp³-hybridized carbons (Fsp3) is 0.233. The standard InChI is InChI=1S/C30H29F3N4O4/c1-29(27(34)39,16-19-7-3-2-4-8-19)37-26(38)25(15-21-17-35-24-10-6-5-9-23(21)24)36-28(40)41-18-20-11-13-22(14-12-20)30(31,32)33/h2-14,17,25,35H,15-16,18H2,1H3,(H2,34,39)(H,36,40)(H,37,38)/t25-,29+/m0/s1. The molecule has 0 saturated heterocycles. The number of alkyl halides is 3. The molecule has 3 amide bonds. The smallest absolute Gasteiger partial charge is 0.416 e. The minimum absolute atomic E-state index is 0.0470. The average molecular weight is 567 g/mol. The number of aromatic nitrogens is 1. The number of H-pyrrole nitrogens is 1. The Bertz CT molecular complexity index is 1520. The highest BCUT2D eigenvalue weighted by Crippen LogP contribution is 2.29. The van der Waals surface area contributed by atoms with Gasteiger partial charge in [-0.15, -0.1) is 0 Å². The molecule has 1 heterocycles. The van der Waals surface area contributed by atoms with Crippen LogP contribution in [0.15, 0.2) is 85.1 Å². The first-order chi connectivity index (χ1) is 19.4. The van der Waals surface area contributed by atoms with Crippen LogP contribution in [0.1, 0.15) is 29.2 Å². The second-order valence-electron chi connectivity index (χ2n) is 9.88. The van der Waals surface area contributed by atoms with Gasteiger partial charge in [0, 0.05) is 29.9 Å². The second kappa shape index (κ2) is 12.2. The Morgan fingerprint density at radius 2 is 1.59 bits per heavy atom. The minimum atomic E-state index is -4.49. The number of ether oxygens (including phenoxy) is 1. The quantitative estimate of drug-likeness (QED) is 0.223. The third kappa shape index (κ3) is 7.44. The zero-order valence-electron chi connectivity index (χ0n) is 22.1. The predicted molar refractivity (Wildman–Crippen MR) is 146 cm³/mol. The van der Waals surface area contributed by atoms with Gasteiger partial charge >= 0.3 is 12.3 Å². The second-order valence-corrected chi connectivity index (χ2v) is 9.88. The van der Waals surface area contributed by atoms with Gasteiger partial charge in [0.05, 0.1) is 5.56 Å². The summed E-state index contributed by atoms with van der Waals surface area (Å²) in [6.45, 7) is 1.18. The first-order valence-corrected chi connectivity index (χ1v) is 12.7. The number of nitrogens with one attached hydrogen (secondary N) is 3. The van der Waals surface area contributed by atoms with E-state index in [0.29, 0.717) is 5.56 Å². The fourth-order valence-corrected chi connectivity index (χ4v) is 4.41. The number of hydrogen-bond acceptors (Lipinski definition) is 4. The highest BCUT2D eigenvalue weighted by molar-refractivity contribution is 5.94. The van der Waals surface area contributed by atoms with E-state index in [2.05, 4.69) is 15.6 Å². The molecule has 1 aromatic heterocycles. The normalized spacial score (nSPS) is 13.7. The lowest BCUT2D eigenvalue weighted by Crippen LogP contribution is -2.61. The number of alkyl carbamates (subject to hydrolysis) is 1. The number of rotatable bonds is 10. The summed E-state index contributed by atoms with van der Waals surface area (Å²) in [7, 11) is 0. The predicted octanol–water partition coefficient (Wildman–Crippen LogP) is 4.63. The maximum atomic E-state index is 13.6. The molecule has 0 spiro atoms. The molecule has 0 saturated carbocycles. The van der Waals surface area contributed by atoms with Gasteiger partial charge in [-0.1, -0.05) is 60.7 Å². The number of halogens is 3. The number of aromatic amines is 1. The topological polar surface area (TPSA) is 126 Å². The van der Waals surface area contributed by atoms with Crippen LogP contribution in [0.2, 0.25) is 0 Å². The highest BCUT2D eigenvalue weighted by atomic mass is 19.4. The van der Waals surface area contributed by atoms with E-state index in [-0.39, 0.29) is 19.4 Å². The van der Waals surface area contributed by atoms with Crippen molar-refractivity contribution >= 4 is 28.8 Å². The molecule has 41 heavy (non-hydrogen) atoms. The summed E-state index contributed by atoms with van der Waals surface area (Å²) in [5, 5.41) is 6.07. The molecule has 0 aliphatic carbocycles. The largest absolute Gasteiger partial charge is 0.445 e. The van der Waals surface area contributed by atoms with Gasteiger partial charge in [-0.2, -0.15) is 13.2 Å². The number of fused-ring (bicyclic) bond motifs is 1. The van der Waals surface area contributed by atoms with Crippen LogP contribution in [-0.4, -0.2) is 34.5 Å². The van der Waals surface area contributed by atoms with Crippen molar-refractivity contribution in [1.82, 2.24) is 15.6 Å². The Kier molecular flexibility index (Phi) is 8.65. The molecule has 0 radical (unpaired) electrons. The monoisotopic (exact) mass is 566 g/mol. The molecule has 2 atom stereocenters. The van der Waals surface area contributed by atoms with E-state index in [9.17, 15) is 27.6 Å². The van der Waals surface area contributed by atoms with Crippen molar-refractivity contribution in [1.29, 1.82) is 0 Å². The Balaban J connectivity index is 1.51. The summed E-state index contributed by atoms with van der Waals surface area (Å²) >= 11 is 0. The van der Waals surface area contributed by atoms with Crippen LogP contribution in [-0.2, 0) is 40.0 Å². The molecule has 4 rings (SSSR count). The van der Waals surface area contributed by atoms with E-state index < -0.39 is 41.2 Å². The third-order valence-electron chi connectivity index (χ3n) is 6.70. The van der Waals surface area contributed by atoms with Crippen LogP contribution >= 0.6 is 0 Å². The summed E-state index contributed by atoms with van der Waals surface area (Å²) in [4.78, 5) is 41.9. The molecule has 11 heteroatoms. The molecule has 0 bridgehead atoms. The molecular formula is C30H29F3N4O4. The van der Waals surface area contributed by atoms with Crippen molar-refractivity contribution in [2.45, 2.75) is 44.1 Å². The molecule has 0 unspecified atom stereocenters. The maximum Gasteiger partial charge on any atom is 0.416 e. The SMILES string of the molecule is C[C@](Cc1ccccc1)(NC(=O)[C@H](Cc1c[nH]c2ccccc12)NC(=O)OCc1ccc(C(F)(F)F)cc1)C(N)=O. The minimum Gasteiger partial charge on any atom is -0.445 e. The van der Waals surface area contributed by atoms with Gasteiger partial charge < -0.3 is 26.1 Å². The van der Waals surface area contributed by atoms with Gasteiger partial charge in [0.2, 0.25) is 11.8 Å². The number of benzene rings is 3. The molecule has 0 aliphatic heterocycles. The van der Waals surface area contributed by atoms with Crippen LogP contribution in [0.25, 0.3) is 10.9 Å². The number of carbonyl (C=O) groups excluding carboxylic acids is 3. The van der Waals surface area contributed by atoms with Crippen LogP contribution in [0, 0.1) is 0 Å². The van der Waals surface area contributed by atoms with E-state index >= 15 is 0 Å². The summed E-state index contributed by atoms with van der Waals surface area (Å²) in [6, 6.07) is 19.4. The molecule has 4 aromatic rings. The number of primary amides is 1. The van der Waals surface area contributed by atoms with Gasteiger partial charge in [-0.05, 0) is 41.8 Å². The third-order valence-corrected chi connectivity index (χ3v) is 6.70. The molecule has 8 nitrogen and oxygen atoms in total. The fourth-order valence-electron chi connectivity index (χ4n) is 4.41. The Hall–Kier alpha value is -4.80. The van der Waals surface area contributed by atoms with Crippen LogP contribution in [0.4, 0.5) is 18.0 Å². The zero-order valence-corrected chi connectivity index (χ0v) is 22.1. The van der Waals surface area contributed by atoms with Crippen LogP contribution in [0.3, 0.4) is 0 Å². The molecule has 5 N–H and O–H groups in total. The molecular weight excluding hydrogens is 537 g/mol. The number of hydrogen-bond donors (Lipinski definition) is 4. The molecule has 0 fully saturated rings. The average Bonchev–Trinajstić information content (AvgIpc) is 3.34. The summed E-state index contributed by atoms with van der Waals surface area (Å²) in [5.74, 6) is -1.43. The van der Waals surface area contributed by atoms with Crippen LogP contribution < -0.4 is 16.4 Å². The van der Waals surface area contributed by atoms with E-state index in [1.807, 2.05) is 30.3 Å². The summed E-state index contributed by atoms with van der Waals surface area (Å²) in [6.07, 6.45) is -3.57. The van der Waals surface area contributed by atoms with E-state index in [1.165, 1.54) is 19.1 Å². The van der Waals surface area contributed by atoms with Crippen molar-refractivity contribution in [2.24, 2.45) is 5.73 Å². The number of nitrogens with two attached hydrogens (primary N) is 1. The van der Waals surface area contributed by atoms with Gasteiger partial charge in [0.1, 0.15) is 18.2 Å². The molecule has 0 aliphatic rings. The van der Waals surface area contributed by atoms with Gasteiger partial charge in [-0.3, -0.25) is 9.59 Å². The van der Waals surface area contributed by atoms with E-state index in [4.69, 9.17) is 10.5 Å². The maximum absolute atomic E-state index is 13.6. The van der Waals surface area contributed by atoms with Gasteiger partial charge in [0.15, 0.2) is 0 Å². The first kappa shape index (κ1) is 29.2. The highest BCUT2D eigenvalue weighted by Gasteiger charge is 2.36. The lowest BCUT2D eigenvalue weighted by Gasteiger charge is -2.30. The van der Waals surface area contributed by atoms with Gasteiger partial charge in [-0.25, -0.2) is 4.79 Å².